The second-order valence-corrected chi connectivity index (χ2v) is 1.90. The number of carbonyl (C=O) groups is 2. The fourth-order valence-electron chi connectivity index (χ4n) is 0.508. The number of carboxylic acid groups (broad SMARTS) is 1. The van der Waals surface area contributed by atoms with Crippen LogP contribution < -0.4 is 34.3 Å². The summed E-state index contributed by atoms with van der Waals surface area (Å²) in [6.07, 6.45) is -0.167. The molecule has 0 amide bonds. The summed E-state index contributed by atoms with van der Waals surface area (Å²) in [6.45, 7) is 0. The molecule has 0 aliphatic rings. The molecule has 14 heavy (non-hydrogen) atoms. The summed E-state index contributed by atoms with van der Waals surface area (Å²) in [6, 6.07) is 10.2. The molecule has 0 saturated heterocycles. The van der Waals surface area contributed by atoms with Gasteiger partial charge in [-0.25, -0.2) is 4.79 Å². The van der Waals surface area contributed by atoms with Crippen molar-refractivity contribution in [3.63, 3.8) is 0 Å². The van der Waals surface area contributed by atoms with Crippen LogP contribution in [0.1, 0.15) is 0 Å². The van der Waals surface area contributed by atoms with Crippen molar-refractivity contribution in [1.29, 1.82) is 0 Å². The fraction of sp³-hybridized carbons (Fsp3) is 0.111. The predicted octanol–water partition coefficient (Wildman–Crippen LogP) is -2.23. The maximum Gasteiger partial charge on any atom is 1.00 e. The Hall–Kier alpha value is -0.840. The minimum Gasteiger partial charge on any atom is -0.522 e. The first-order chi connectivity index (χ1) is 6.20. The van der Waals surface area contributed by atoms with Crippen molar-refractivity contribution in [2.45, 2.75) is 0 Å². The molecule has 0 saturated carbocycles. The summed E-state index contributed by atoms with van der Waals surface area (Å²) >= 11 is 0. The number of methoxy groups -OCH3 is 1. The zero-order chi connectivity index (χ0) is 10.1. The topological polar surface area (TPSA) is 63.6 Å². The molecule has 0 spiro atoms. The van der Waals surface area contributed by atoms with Gasteiger partial charge < -0.3 is 9.84 Å². The van der Waals surface area contributed by atoms with Crippen LogP contribution in [0.15, 0.2) is 24.3 Å². The van der Waals surface area contributed by atoms with E-state index in [1.54, 1.807) is 7.11 Å². The molecular formula is C9H9NaO4. The molecule has 0 heterocycles. The van der Waals surface area contributed by atoms with Gasteiger partial charge in [0, 0.05) is 5.75 Å². The molecule has 1 rings (SSSR count). The summed E-state index contributed by atoms with van der Waals surface area (Å²) in [4.78, 5) is 17.9. The Labute approximate surface area is 104 Å². The summed E-state index contributed by atoms with van der Waals surface area (Å²) in [5.41, 5.74) is 0. The Morgan fingerprint density at radius 2 is 1.93 bits per heavy atom. The molecule has 0 aromatic heterocycles. The van der Waals surface area contributed by atoms with Gasteiger partial charge in [0.05, 0.1) is 7.11 Å². The van der Waals surface area contributed by atoms with E-state index in [1.807, 2.05) is 24.3 Å². The van der Waals surface area contributed by atoms with E-state index in [0.717, 1.165) is 5.75 Å². The minimum absolute atomic E-state index is 0. The minimum atomic E-state index is -1.43. The third kappa shape index (κ3) is 9.25. The van der Waals surface area contributed by atoms with Gasteiger partial charge in [0.15, 0.2) is 0 Å². The van der Waals surface area contributed by atoms with Gasteiger partial charge in [0.25, 0.3) is 0 Å². The van der Waals surface area contributed by atoms with E-state index in [-0.39, 0.29) is 35.8 Å². The normalized spacial score (nSPS) is 7.21. The van der Waals surface area contributed by atoms with Crippen LogP contribution in [0.2, 0.25) is 0 Å². The van der Waals surface area contributed by atoms with Crippen LogP contribution in [-0.4, -0.2) is 24.5 Å². The van der Waals surface area contributed by atoms with Crippen molar-refractivity contribution in [1.82, 2.24) is 0 Å². The molecular weight excluding hydrogens is 195 g/mol. The number of hydrogen-bond acceptors (Lipinski definition) is 3. The zero-order valence-electron chi connectivity index (χ0n) is 8.06. The zero-order valence-corrected chi connectivity index (χ0v) is 10.1. The summed E-state index contributed by atoms with van der Waals surface area (Å²) in [5.74, 6) is -0.547. The molecule has 5 heteroatoms. The van der Waals surface area contributed by atoms with Gasteiger partial charge in [-0.05, 0) is 0 Å². The van der Waals surface area contributed by atoms with Crippen LogP contribution in [0.4, 0.5) is 0 Å². The molecule has 0 aliphatic carbocycles. The molecule has 70 valence electrons. The van der Waals surface area contributed by atoms with Crippen molar-refractivity contribution < 1.29 is 49.0 Å². The van der Waals surface area contributed by atoms with Crippen molar-refractivity contribution in [3.05, 3.63) is 30.3 Å². The second-order valence-electron chi connectivity index (χ2n) is 1.90. The van der Waals surface area contributed by atoms with E-state index < -0.39 is 5.97 Å². The van der Waals surface area contributed by atoms with Gasteiger partial charge in [0.2, 0.25) is 6.29 Å². The van der Waals surface area contributed by atoms with E-state index in [2.05, 4.69) is 6.07 Å². The van der Waals surface area contributed by atoms with Crippen molar-refractivity contribution >= 4 is 12.3 Å². The van der Waals surface area contributed by atoms with E-state index >= 15 is 0 Å². The van der Waals surface area contributed by atoms with Crippen molar-refractivity contribution in [2.75, 3.05) is 7.11 Å². The number of aliphatic carboxylic acids is 1. The maximum atomic E-state index is 9.00. The molecule has 0 atom stereocenters. The molecule has 1 aromatic carbocycles. The third-order valence-corrected chi connectivity index (χ3v) is 1.02. The van der Waals surface area contributed by atoms with Crippen molar-refractivity contribution in [3.8, 4) is 5.75 Å². The van der Waals surface area contributed by atoms with Crippen LogP contribution in [0.5, 0.6) is 5.75 Å². The average molecular weight is 204 g/mol. The quantitative estimate of drug-likeness (QED) is 0.256. The Kier molecular flexibility index (Phi) is 11.4. The van der Waals surface area contributed by atoms with Gasteiger partial charge in [-0.15, -0.1) is 12.1 Å². The van der Waals surface area contributed by atoms with Crippen LogP contribution >= 0.6 is 0 Å². The van der Waals surface area contributed by atoms with Crippen LogP contribution in [0.25, 0.3) is 0 Å². The number of aldehydes is 1. The molecule has 1 aromatic rings. The summed E-state index contributed by atoms with van der Waals surface area (Å²) < 4.78 is 4.89. The maximum absolute atomic E-state index is 9.00. The molecule has 0 aliphatic heterocycles. The summed E-state index contributed by atoms with van der Waals surface area (Å²) in [5, 5.41) is 7.35. The number of carbonyl (C=O) groups excluding carboxylic acids is 1. The third-order valence-electron chi connectivity index (χ3n) is 1.02. The Morgan fingerprint density at radius 3 is 2.14 bits per heavy atom. The summed E-state index contributed by atoms with van der Waals surface area (Å²) in [7, 11) is 1.65. The first kappa shape index (κ1) is 15.6. The Morgan fingerprint density at radius 1 is 1.50 bits per heavy atom. The average Bonchev–Trinajstić information content (AvgIpc) is 2.20. The molecule has 0 bridgehead atoms. The van der Waals surface area contributed by atoms with Crippen molar-refractivity contribution in [2.24, 2.45) is 0 Å². The van der Waals surface area contributed by atoms with E-state index in [1.165, 1.54) is 0 Å². The molecule has 0 fully saturated rings. The molecule has 0 radical (unpaired) electrons. The Balaban J connectivity index is 0. The first-order valence-electron chi connectivity index (χ1n) is 3.39. The smallest absolute Gasteiger partial charge is 0.522 e. The predicted molar refractivity (Wildman–Crippen MR) is 45.5 cm³/mol. The van der Waals surface area contributed by atoms with Gasteiger partial charge in [-0.2, -0.15) is 18.2 Å². The van der Waals surface area contributed by atoms with Crippen LogP contribution in [0.3, 0.4) is 0 Å². The number of benzene rings is 1. The number of ether oxygens (including phenoxy) is 1. The van der Waals surface area contributed by atoms with E-state index in [9.17, 15) is 0 Å². The number of carboxylic acids is 1. The fourth-order valence-corrected chi connectivity index (χ4v) is 0.508. The molecule has 4 nitrogen and oxygen atoms in total. The largest absolute Gasteiger partial charge is 1.00 e. The van der Waals surface area contributed by atoms with Crippen LogP contribution in [-0.2, 0) is 9.59 Å². The van der Waals surface area contributed by atoms with Crippen LogP contribution in [0, 0.1) is 6.07 Å². The van der Waals surface area contributed by atoms with Gasteiger partial charge in [0.1, 0.15) is 0 Å². The van der Waals surface area contributed by atoms with E-state index in [0.29, 0.717) is 0 Å². The Bertz CT molecular complexity index is 261. The van der Waals surface area contributed by atoms with E-state index in [4.69, 9.17) is 19.4 Å². The second kappa shape index (κ2) is 10.2. The number of hydrogen-bond donors (Lipinski definition) is 1. The SMILES string of the molecule is COc1cc[c-]cc1.O=CC(=O)O.[Na+]. The molecule has 1 N–H and O–H groups in total. The standard InChI is InChI=1S/C7H7O.C2H2O3.Na/c1-8-7-5-3-2-4-6-7;3-1-2(4)5;/h3-6H,1H3;1H,(H,4,5);/q-1;;+1. The van der Waals surface area contributed by atoms with Gasteiger partial charge in [-0.1, -0.05) is 0 Å². The molecule has 0 unspecified atom stereocenters. The number of rotatable bonds is 2. The van der Waals surface area contributed by atoms with Gasteiger partial charge in [-0.3, -0.25) is 4.79 Å². The van der Waals surface area contributed by atoms with Gasteiger partial charge >= 0.3 is 35.5 Å². The first-order valence-corrected chi connectivity index (χ1v) is 3.39. The monoisotopic (exact) mass is 204 g/mol.